The molecule has 0 bridgehead atoms. The molecule has 0 spiro atoms. The lowest BCUT2D eigenvalue weighted by atomic mass is 10.3. The second-order valence-electron chi connectivity index (χ2n) is 3.90. The molecule has 2 rings (SSSR count). The van der Waals surface area contributed by atoms with E-state index in [0.29, 0.717) is 18.0 Å². The van der Waals surface area contributed by atoms with E-state index in [4.69, 9.17) is 4.74 Å². The van der Waals surface area contributed by atoms with Crippen LogP contribution in [0, 0.1) is 0 Å². The van der Waals surface area contributed by atoms with Crippen LogP contribution in [0.3, 0.4) is 0 Å². The van der Waals surface area contributed by atoms with E-state index >= 15 is 0 Å². The number of nitrogens with one attached hydrogen (secondary N) is 1. The monoisotopic (exact) mass is 269 g/mol. The van der Waals surface area contributed by atoms with Gasteiger partial charge >= 0.3 is 6.09 Å². The minimum absolute atomic E-state index is 0.319. The summed E-state index contributed by atoms with van der Waals surface area (Å²) < 4.78 is 4.84. The minimum atomic E-state index is -0.505. The van der Waals surface area contributed by atoms with E-state index in [2.05, 4.69) is 15.5 Å². The Balaban J connectivity index is 2.16. The molecule has 1 N–H and O–H groups in total. The van der Waals surface area contributed by atoms with Gasteiger partial charge in [-0.1, -0.05) is 30.3 Å². The number of hydrogen-bond acceptors (Lipinski definition) is 4. The number of azo groups is 1. The lowest BCUT2D eigenvalue weighted by Crippen LogP contribution is -2.13. The van der Waals surface area contributed by atoms with Gasteiger partial charge in [-0.05, 0) is 31.2 Å². The molecule has 20 heavy (non-hydrogen) atoms. The molecular weight excluding hydrogens is 254 g/mol. The average Bonchev–Trinajstić information content (AvgIpc) is 2.48. The first-order valence-corrected chi connectivity index (χ1v) is 6.29. The van der Waals surface area contributed by atoms with Crippen molar-refractivity contribution in [3.05, 3.63) is 54.6 Å². The van der Waals surface area contributed by atoms with Crippen molar-refractivity contribution in [1.29, 1.82) is 0 Å². The topological polar surface area (TPSA) is 63.0 Å². The maximum atomic E-state index is 11.4. The Hall–Kier alpha value is -2.69. The molecule has 0 saturated carbocycles. The summed E-state index contributed by atoms with van der Waals surface area (Å²) in [5.74, 6) is 0. The molecule has 0 aliphatic carbocycles. The fraction of sp³-hybridized carbons (Fsp3) is 0.133. The Labute approximate surface area is 117 Å². The smallest absolute Gasteiger partial charge is 0.411 e. The standard InChI is InChI=1S/C15H15N3O2/c1-2-20-15(19)16-13-10-6-7-11-14(13)18-17-12-8-4-3-5-9-12/h3-11H,2H2,1H3,(H,16,19). The van der Waals surface area contributed by atoms with Crippen LogP contribution in [0.4, 0.5) is 21.9 Å². The fourth-order valence-electron chi connectivity index (χ4n) is 1.55. The molecule has 0 atom stereocenters. The molecule has 1 amide bonds. The third kappa shape index (κ3) is 3.91. The van der Waals surface area contributed by atoms with Crippen molar-refractivity contribution in [2.75, 3.05) is 11.9 Å². The molecule has 5 nitrogen and oxygen atoms in total. The van der Waals surface area contributed by atoms with Gasteiger partial charge in [0.05, 0.1) is 18.0 Å². The highest BCUT2D eigenvalue weighted by molar-refractivity contribution is 5.88. The zero-order valence-electron chi connectivity index (χ0n) is 11.1. The van der Waals surface area contributed by atoms with Gasteiger partial charge in [0.1, 0.15) is 5.69 Å². The molecule has 0 aliphatic heterocycles. The van der Waals surface area contributed by atoms with Crippen molar-refractivity contribution in [2.45, 2.75) is 6.92 Å². The van der Waals surface area contributed by atoms with E-state index in [0.717, 1.165) is 5.69 Å². The van der Waals surface area contributed by atoms with Crippen LogP contribution in [-0.4, -0.2) is 12.7 Å². The Bertz CT molecular complexity index is 597. The van der Waals surface area contributed by atoms with E-state index in [1.807, 2.05) is 42.5 Å². The van der Waals surface area contributed by atoms with Crippen molar-refractivity contribution in [3.63, 3.8) is 0 Å². The summed E-state index contributed by atoms with van der Waals surface area (Å²) in [6, 6.07) is 16.5. The number of anilines is 1. The molecule has 0 radical (unpaired) electrons. The lowest BCUT2D eigenvalue weighted by Gasteiger charge is -2.06. The number of carbonyl (C=O) groups excluding carboxylic acids is 1. The van der Waals surface area contributed by atoms with Crippen LogP contribution in [0.15, 0.2) is 64.8 Å². The highest BCUT2D eigenvalue weighted by atomic mass is 16.5. The predicted octanol–water partition coefficient (Wildman–Crippen LogP) is 4.67. The summed E-state index contributed by atoms with van der Waals surface area (Å²) >= 11 is 0. The largest absolute Gasteiger partial charge is 0.450 e. The SMILES string of the molecule is CCOC(=O)Nc1ccccc1N=Nc1ccccc1. The summed E-state index contributed by atoms with van der Waals surface area (Å²) in [5, 5.41) is 10.9. The average molecular weight is 269 g/mol. The number of nitrogens with zero attached hydrogens (tertiary/aromatic N) is 2. The van der Waals surface area contributed by atoms with E-state index < -0.39 is 6.09 Å². The quantitative estimate of drug-likeness (QED) is 0.820. The maximum absolute atomic E-state index is 11.4. The number of carbonyl (C=O) groups is 1. The summed E-state index contributed by atoms with van der Waals surface area (Å²) in [7, 11) is 0. The Morgan fingerprint density at radius 3 is 2.50 bits per heavy atom. The van der Waals surface area contributed by atoms with Gasteiger partial charge < -0.3 is 4.74 Å². The van der Waals surface area contributed by atoms with Crippen LogP contribution in [0.5, 0.6) is 0 Å². The molecule has 0 aromatic heterocycles. The van der Waals surface area contributed by atoms with Gasteiger partial charge in [-0.3, -0.25) is 5.32 Å². The molecule has 0 aliphatic rings. The Morgan fingerprint density at radius 2 is 1.75 bits per heavy atom. The maximum Gasteiger partial charge on any atom is 0.411 e. The van der Waals surface area contributed by atoms with Crippen LogP contribution in [0.1, 0.15) is 6.92 Å². The van der Waals surface area contributed by atoms with E-state index in [1.165, 1.54) is 0 Å². The third-order valence-corrected chi connectivity index (χ3v) is 2.45. The highest BCUT2D eigenvalue weighted by Crippen LogP contribution is 2.26. The van der Waals surface area contributed by atoms with Gasteiger partial charge in [-0.2, -0.15) is 5.11 Å². The molecule has 2 aromatic carbocycles. The lowest BCUT2D eigenvalue weighted by molar-refractivity contribution is 0.168. The number of para-hydroxylation sites is 1. The Morgan fingerprint density at radius 1 is 1.05 bits per heavy atom. The normalized spacial score (nSPS) is 10.4. The molecule has 0 unspecified atom stereocenters. The van der Waals surface area contributed by atoms with Crippen LogP contribution >= 0.6 is 0 Å². The third-order valence-electron chi connectivity index (χ3n) is 2.45. The van der Waals surface area contributed by atoms with Crippen molar-refractivity contribution in [2.24, 2.45) is 10.2 Å². The summed E-state index contributed by atoms with van der Waals surface area (Å²) in [6.07, 6.45) is -0.505. The number of benzene rings is 2. The number of ether oxygens (including phenoxy) is 1. The molecule has 102 valence electrons. The van der Waals surface area contributed by atoms with Gasteiger partial charge in [0.2, 0.25) is 0 Å². The van der Waals surface area contributed by atoms with Gasteiger partial charge in [0, 0.05) is 0 Å². The van der Waals surface area contributed by atoms with E-state index in [-0.39, 0.29) is 0 Å². The zero-order chi connectivity index (χ0) is 14.2. The molecule has 2 aromatic rings. The first-order valence-electron chi connectivity index (χ1n) is 6.29. The molecule has 5 heteroatoms. The van der Waals surface area contributed by atoms with Crippen LogP contribution in [0.2, 0.25) is 0 Å². The number of amides is 1. The Kier molecular flexibility index (Phi) is 4.83. The minimum Gasteiger partial charge on any atom is -0.450 e. The molecular formula is C15H15N3O2. The second kappa shape index (κ2) is 7.04. The number of rotatable bonds is 4. The van der Waals surface area contributed by atoms with Crippen LogP contribution < -0.4 is 5.32 Å². The first kappa shape index (κ1) is 13.7. The van der Waals surface area contributed by atoms with E-state index in [1.54, 1.807) is 19.1 Å². The van der Waals surface area contributed by atoms with Gasteiger partial charge in [-0.25, -0.2) is 4.79 Å². The van der Waals surface area contributed by atoms with Gasteiger partial charge in [0.25, 0.3) is 0 Å². The van der Waals surface area contributed by atoms with Crippen molar-refractivity contribution in [1.82, 2.24) is 0 Å². The summed E-state index contributed by atoms with van der Waals surface area (Å²) in [5.41, 5.74) is 1.88. The summed E-state index contributed by atoms with van der Waals surface area (Å²) in [4.78, 5) is 11.4. The molecule has 0 fully saturated rings. The fourth-order valence-corrected chi connectivity index (χ4v) is 1.55. The molecule has 0 heterocycles. The van der Waals surface area contributed by atoms with Crippen molar-refractivity contribution in [3.8, 4) is 0 Å². The highest BCUT2D eigenvalue weighted by Gasteiger charge is 2.05. The second-order valence-corrected chi connectivity index (χ2v) is 3.90. The van der Waals surface area contributed by atoms with Crippen LogP contribution in [-0.2, 0) is 4.74 Å². The predicted molar refractivity (Wildman–Crippen MR) is 77.7 cm³/mol. The first-order chi connectivity index (χ1) is 9.79. The van der Waals surface area contributed by atoms with E-state index in [9.17, 15) is 4.79 Å². The van der Waals surface area contributed by atoms with Crippen LogP contribution in [0.25, 0.3) is 0 Å². The van der Waals surface area contributed by atoms with Crippen molar-refractivity contribution < 1.29 is 9.53 Å². The zero-order valence-corrected chi connectivity index (χ0v) is 11.1. The number of hydrogen-bond donors (Lipinski definition) is 1. The van der Waals surface area contributed by atoms with Crippen molar-refractivity contribution >= 4 is 23.2 Å². The molecule has 0 saturated heterocycles. The van der Waals surface area contributed by atoms with Gasteiger partial charge in [0.15, 0.2) is 0 Å². The summed E-state index contributed by atoms with van der Waals surface area (Å²) in [6.45, 7) is 2.07. The van der Waals surface area contributed by atoms with Gasteiger partial charge in [-0.15, -0.1) is 5.11 Å².